The average molecular weight is 315 g/mol. The first-order chi connectivity index (χ1) is 10.9. The number of ketones is 1. The predicted molar refractivity (Wildman–Crippen MR) is 86.5 cm³/mol. The predicted octanol–water partition coefficient (Wildman–Crippen LogP) is 3.22. The largest absolute Gasteiger partial charge is 0.511 e. The van der Waals surface area contributed by atoms with Crippen LogP contribution in [-0.4, -0.2) is 29.8 Å². The third kappa shape index (κ3) is 3.23. The lowest BCUT2D eigenvalue weighted by atomic mass is 9.73. The van der Waals surface area contributed by atoms with Crippen LogP contribution in [-0.2, 0) is 11.2 Å². The summed E-state index contributed by atoms with van der Waals surface area (Å²) in [6.45, 7) is 4.97. The highest BCUT2D eigenvalue weighted by Crippen LogP contribution is 2.36. The summed E-state index contributed by atoms with van der Waals surface area (Å²) in [5.74, 6) is 1.15. The second-order valence-corrected chi connectivity index (χ2v) is 6.90. The Balaban J connectivity index is 1.84. The van der Waals surface area contributed by atoms with Crippen LogP contribution in [0.1, 0.15) is 32.3 Å². The Morgan fingerprint density at radius 2 is 1.91 bits per heavy atom. The zero-order valence-electron chi connectivity index (χ0n) is 13.4. The van der Waals surface area contributed by atoms with Gasteiger partial charge in [0, 0.05) is 18.6 Å². The fraction of sp³-hybridized carbons (Fsp3) is 0.444. The Morgan fingerprint density at radius 1 is 1.22 bits per heavy atom. The number of benzene rings is 1. The molecule has 0 unspecified atom stereocenters. The SMILES string of the molecule is CC1(C)CC(=N)/C(=C(\O)Cc2ccc3c(c2)OCCO3)C(=O)C1. The van der Waals surface area contributed by atoms with Crippen molar-refractivity contribution in [1.29, 1.82) is 5.41 Å². The third-order valence-corrected chi connectivity index (χ3v) is 4.14. The molecule has 0 radical (unpaired) electrons. The minimum Gasteiger partial charge on any atom is -0.511 e. The maximum Gasteiger partial charge on any atom is 0.168 e. The van der Waals surface area contributed by atoms with E-state index in [0.29, 0.717) is 37.6 Å². The number of carbonyl (C=O) groups excluding carboxylic acids is 1. The van der Waals surface area contributed by atoms with Crippen molar-refractivity contribution in [3.63, 3.8) is 0 Å². The van der Waals surface area contributed by atoms with Crippen LogP contribution in [0.4, 0.5) is 0 Å². The zero-order chi connectivity index (χ0) is 16.6. The van der Waals surface area contributed by atoms with Crippen molar-refractivity contribution in [3.8, 4) is 11.5 Å². The Morgan fingerprint density at radius 3 is 2.61 bits per heavy atom. The molecule has 1 aliphatic carbocycles. The number of ether oxygens (including phenoxy) is 2. The lowest BCUT2D eigenvalue weighted by Crippen LogP contribution is -2.32. The average Bonchev–Trinajstić information content (AvgIpc) is 2.44. The smallest absolute Gasteiger partial charge is 0.168 e. The summed E-state index contributed by atoms with van der Waals surface area (Å²) < 4.78 is 11.0. The summed E-state index contributed by atoms with van der Waals surface area (Å²) in [6, 6.07) is 5.45. The molecule has 0 aromatic heterocycles. The van der Waals surface area contributed by atoms with E-state index in [1.807, 2.05) is 26.0 Å². The summed E-state index contributed by atoms with van der Waals surface area (Å²) >= 11 is 0. The Hall–Kier alpha value is -2.30. The van der Waals surface area contributed by atoms with E-state index in [1.54, 1.807) is 6.07 Å². The molecule has 0 atom stereocenters. The molecule has 3 rings (SSSR count). The van der Waals surface area contributed by atoms with Gasteiger partial charge in [-0.2, -0.15) is 0 Å². The number of nitrogens with one attached hydrogen (secondary N) is 1. The molecule has 2 aliphatic rings. The maximum atomic E-state index is 12.3. The lowest BCUT2D eigenvalue weighted by Gasteiger charge is -2.30. The number of allylic oxidation sites excluding steroid dienone is 2. The zero-order valence-corrected chi connectivity index (χ0v) is 13.4. The lowest BCUT2D eigenvalue weighted by molar-refractivity contribution is -0.117. The van der Waals surface area contributed by atoms with Gasteiger partial charge in [0.2, 0.25) is 0 Å². The highest BCUT2D eigenvalue weighted by atomic mass is 16.6. The van der Waals surface area contributed by atoms with Crippen LogP contribution >= 0.6 is 0 Å². The molecule has 1 aromatic rings. The van der Waals surface area contributed by atoms with Crippen LogP contribution in [0.25, 0.3) is 0 Å². The molecule has 1 fully saturated rings. The summed E-state index contributed by atoms with van der Waals surface area (Å²) in [7, 11) is 0. The van der Waals surface area contributed by atoms with E-state index in [0.717, 1.165) is 5.56 Å². The van der Waals surface area contributed by atoms with Crippen LogP contribution in [0.15, 0.2) is 29.5 Å². The molecule has 0 bridgehead atoms. The Bertz CT molecular complexity index is 681. The normalized spacial score (nSPS) is 22.0. The van der Waals surface area contributed by atoms with Crippen LogP contribution in [0, 0.1) is 10.8 Å². The molecular weight excluding hydrogens is 294 g/mol. The van der Waals surface area contributed by atoms with Gasteiger partial charge < -0.3 is 20.0 Å². The topological polar surface area (TPSA) is 79.6 Å². The number of hydrogen-bond donors (Lipinski definition) is 2. The molecular formula is C18H21NO4. The molecule has 5 heteroatoms. The number of fused-ring (bicyclic) bond motifs is 1. The molecule has 122 valence electrons. The van der Waals surface area contributed by atoms with Crippen molar-refractivity contribution in [1.82, 2.24) is 0 Å². The van der Waals surface area contributed by atoms with Crippen molar-refractivity contribution >= 4 is 11.5 Å². The third-order valence-electron chi connectivity index (χ3n) is 4.14. The summed E-state index contributed by atoms with van der Waals surface area (Å²) in [6.07, 6.45) is 1.07. The van der Waals surface area contributed by atoms with E-state index in [2.05, 4.69) is 0 Å². The van der Waals surface area contributed by atoms with E-state index in [4.69, 9.17) is 14.9 Å². The molecule has 1 aliphatic heterocycles. The minimum atomic E-state index is -0.213. The second-order valence-electron chi connectivity index (χ2n) is 6.90. The fourth-order valence-corrected chi connectivity index (χ4v) is 3.14. The van der Waals surface area contributed by atoms with E-state index in [1.165, 1.54) is 0 Å². The van der Waals surface area contributed by atoms with E-state index < -0.39 is 0 Å². The van der Waals surface area contributed by atoms with E-state index >= 15 is 0 Å². The van der Waals surface area contributed by atoms with Crippen molar-refractivity contribution in [2.75, 3.05) is 13.2 Å². The van der Waals surface area contributed by atoms with E-state index in [9.17, 15) is 9.90 Å². The first-order valence-electron chi connectivity index (χ1n) is 7.77. The van der Waals surface area contributed by atoms with Gasteiger partial charge in [0.25, 0.3) is 0 Å². The Labute approximate surface area is 135 Å². The Kier molecular flexibility index (Phi) is 3.88. The fourth-order valence-electron chi connectivity index (χ4n) is 3.14. The van der Waals surface area contributed by atoms with Gasteiger partial charge in [-0.25, -0.2) is 0 Å². The molecule has 5 nitrogen and oxygen atoms in total. The summed E-state index contributed by atoms with van der Waals surface area (Å²) in [5.41, 5.74) is 1.01. The standard InChI is InChI=1S/C18H21NO4/c1-18(2)9-12(19)17(14(21)10-18)13(20)7-11-3-4-15-16(8-11)23-6-5-22-15/h3-4,8,19-20H,5-7,9-10H2,1-2H3/b17-13+,19-12?. The van der Waals surface area contributed by atoms with Gasteiger partial charge in [0.05, 0.1) is 5.57 Å². The number of rotatable bonds is 2. The van der Waals surface area contributed by atoms with Crippen LogP contribution in [0.5, 0.6) is 11.5 Å². The number of aliphatic hydroxyl groups excluding tert-OH is 1. The number of aliphatic hydroxyl groups is 1. The molecule has 1 aromatic carbocycles. The van der Waals surface area contributed by atoms with Gasteiger partial charge in [-0.3, -0.25) is 4.79 Å². The maximum absolute atomic E-state index is 12.3. The minimum absolute atomic E-state index is 0.0350. The summed E-state index contributed by atoms with van der Waals surface area (Å²) in [5, 5.41) is 18.5. The second kappa shape index (κ2) is 5.72. The van der Waals surface area contributed by atoms with Crippen molar-refractivity contribution < 1.29 is 19.4 Å². The van der Waals surface area contributed by atoms with Crippen molar-refractivity contribution in [3.05, 3.63) is 35.1 Å². The number of carbonyl (C=O) groups is 1. The molecule has 0 spiro atoms. The van der Waals surface area contributed by atoms with Gasteiger partial charge in [-0.15, -0.1) is 0 Å². The first kappa shape index (κ1) is 15.6. The molecule has 1 heterocycles. The highest BCUT2D eigenvalue weighted by Gasteiger charge is 2.35. The monoisotopic (exact) mass is 315 g/mol. The van der Waals surface area contributed by atoms with Gasteiger partial charge in [0.15, 0.2) is 17.3 Å². The molecule has 23 heavy (non-hydrogen) atoms. The first-order valence-corrected chi connectivity index (χ1v) is 7.77. The van der Waals surface area contributed by atoms with Crippen LogP contribution in [0.3, 0.4) is 0 Å². The molecule has 0 saturated heterocycles. The number of hydrogen-bond acceptors (Lipinski definition) is 5. The van der Waals surface area contributed by atoms with Gasteiger partial charge >= 0.3 is 0 Å². The number of Topliss-reactive ketones (excluding diaryl/α,β-unsaturated/α-hetero) is 1. The summed E-state index contributed by atoms with van der Waals surface area (Å²) in [4.78, 5) is 12.3. The molecule has 1 saturated carbocycles. The van der Waals surface area contributed by atoms with E-state index in [-0.39, 0.29) is 34.7 Å². The van der Waals surface area contributed by atoms with Crippen molar-refractivity contribution in [2.24, 2.45) is 5.41 Å². The van der Waals surface area contributed by atoms with Gasteiger partial charge in [-0.05, 0) is 29.5 Å². The van der Waals surface area contributed by atoms with Crippen LogP contribution in [0.2, 0.25) is 0 Å². The quantitative estimate of drug-likeness (QED) is 0.648. The molecule has 0 amide bonds. The van der Waals surface area contributed by atoms with Gasteiger partial charge in [-0.1, -0.05) is 19.9 Å². The molecule has 2 N–H and O–H groups in total. The highest BCUT2D eigenvalue weighted by molar-refractivity contribution is 6.23. The van der Waals surface area contributed by atoms with Crippen molar-refractivity contribution in [2.45, 2.75) is 33.1 Å². The van der Waals surface area contributed by atoms with Gasteiger partial charge in [0.1, 0.15) is 19.0 Å². The van der Waals surface area contributed by atoms with Crippen LogP contribution < -0.4 is 9.47 Å².